The van der Waals surface area contributed by atoms with Crippen molar-refractivity contribution in [2.45, 2.75) is 13.8 Å². The van der Waals surface area contributed by atoms with Gasteiger partial charge in [-0.05, 0) is 0 Å². The molecule has 6 nitrogen and oxygen atoms in total. The van der Waals surface area contributed by atoms with Gasteiger partial charge in [-0.3, -0.25) is 9.63 Å². The number of carbonyl (C=O) groups excluding carboxylic acids is 1. The van der Waals surface area contributed by atoms with Crippen molar-refractivity contribution in [3.8, 4) is 0 Å². The molecule has 0 fully saturated rings. The summed E-state index contributed by atoms with van der Waals surface area (Å²) in [6.07, 6.45) is 0. The Morgan fingerprint density at radius 1 is 1.64 bits per heavy atom. The van der Waals surface area contributed by atoms with Crippen LogP contribution in [0.25, 0.3) is 0 Å². The lowest BCUT2D eigenvalue weighted by Gasteiger charge is -2.04. The molecule has 0 amide bonds. The van der Waals surface area contributed by atoms with Crippen LogP contribution in [0.2, 0.25) is 0 Å². The molecule has 0 radical (unpaired) electrons. The molecule has 0 rings (SSSR count). The highest BCUT2D eigenvalue weighted by molar-refractivity contribution is 5.71. The predicted octanol–water partition coefficient (Wildman–Crippen LogP) is 0.351. The highest BCUT2D eigenvalue weighted by Gasteiger charge is 2.08. The zero-order valence-electron chi connectivity index (χ0n) is 6.27. The van der Waals surface area contributed by atoms with Gasteiger partial charge >= 0.3 is 5.97 Å². The second kappa shape index (κ2) is 4.48. The first-order chi connectivity index (χ1) is 5.04. The van der Waals surface area contributed by atoms with Crippen molar-refractivity contribution in [2.75, 3.05) is 6.79 Å². The second-order valence-electron chi connectivity index (χ2n) is 2.09. The van der Waals surface area contributed by atoms with Gasteiger partial charge in [-0.25, -0.2) is 0 Å². The standard InChI is InChI=1S/C5H9NO5/c1-4(2)5(7)10-3-11-6(8)9/h4H,3H2,1-2H3. The van der Waals surface area contributed by atoms with Gasteiger partial charge < -0.3 is 4.74 Å². The third-order valence-electron chi connectivity index (χ3n) is 0.831. The molecule has 0 aliphatic heterocycles. The minimum absolute atomic E-state index is 0.301. The normalized spacial score (nSPS) is 9.36. The average Bonchev–Trinajstić information content (AvgIpc) is 1.86. The first-order valence-electron chi connectivity index (χ1n) is 2.98. The second-order valence-corrected chi connectivity index (χ2v) is 2.09. The van der Waals surface area contributed by atoms with Crippen LogP contribution < -0.4 is 0 Å². The van der Waals surface area contributed by atoms with Crippen molar-refractivity contribution in [3.05, 3.63) is 10.1 Å². The van der Waals surface area contributed by atoms with E-state index in [9.17, 15) is 14.9 Å². The minimum Gasteiger partial charge on any atom is -0.438 e. The highest BCUT2D eigenvalue weighted by atomic mass is 17.0. The summed E-state index contributed by atoms with van der Waals surface area (Å²) >= 11 is 0. The fourth-order valence-corrected chi connectivity index (χ4v) is 0.294. The summed E-state index contributed by atoms with van der Waals surface area (Å²) in [6.45, 7) is 2.60. The van der Waals surface area contributed by atoms with Gasteiger partial charge in [0.15, 0.2) is 0 Å². The Balaban J connectivity index is 3.39. The van der Waals surface area contributed by atoms with Crippen molar-refractivity contribution < 1.29 is 19.5 Å². The molecule has 0 saturated carbocycles. The first-order valence-corrected chi connectivity index (χ1v) is 2.98. The summed E-state index contributed by atoms with van der Waals surface area (Å²) < 4.78 is 4.31. The summed E-state index contributed by atoms with van der Waals surface area (Å²) in [7, 11) is 0. The van der Waals surface area contributed by atoms with Crippen LogP contribution in [0.4, 0.5) is 0 Å². The molecule has 0 unspecified atom stereocenters. The molecule has 0 heterocycles. The number of hydrogen-bond acceptors (Lipinski definition) is 5. The van der Waals surface area contributed by atoms with E-state index in [2.05, 4.69) is 9.57 Å². The van der Waals surface area contributed by atoms with Crippen LogP contribution in [-0.4, -0.2) is 17.8 Å². The van der Waals surface area contributed by atoms with Gasteiger partial charge in [0.25, 0.3) is 5.09 Å². The van der Waals surface area contributed by atoms with Gasteiger partial charge in [0, 0.05) is 0 Å². The molecule has 64 valence electrons. The van der Waals surface area contributed by atoms with Crippen molar-refractivity contribution >= 4 is 5.97 Å². The summed E-state index contributed by atoms with van der Waals surface area (Å²) in [5.74, 6) is -0.822. The van der Waals surface area contributed by atoms with E-state index in [4.69, 9.17) is 0 Å². The number of hydrogen-bond donors (Lipinski definition) is 0. The monoisotopic (exact) mass is 163 g/mol. The summed E-state index contributed by atoms with van der Waals surface area (Å²) in [5, 5.41) is 8.52. The largest absolute Gasteiger partial charge is 0.438 e. The Labute approximate surface area is 63.2 Å². The van der Waals surface area contributed by atoms with Gasteiger partial charge in [-0.2, -0.15) is 0 Å². The number of esters is 1. The van der Waals surface area contributed by atoms with Crippen molar-refractivity contribution in [2.24, 2.45) is 5.92 Å². The maximum absolute atomic E-state index is 10.6. The zero-order chi connectivity index (χ0) is 8.85. The van der Waals surface area contributed by atoms with E-state index in [0.29, 0.717) is 0 Å². The third-order valence-corrected chi connectivity index (χ3v) is 0.831. The minimum atomic E-state index is -1.02. The van der Waals surface area contributed by atoms with E-state index in [1.54, 1.807) is 13.8 Å². The predicted molar refractivity (Wildman–Crippen MR) is 33.9 cm³/mol. The van der Waals surface area contributed by atoms with Crippen LogP contribution in [0.5, 0.6) is 0 Å². The molecule has 0 N–H and O–H groups in total. The fraction of sp³-hybridized carbons (Fsp3) is 0.800. The maximum atomic E-state index is 10.6. The smallest absolute Gasteiger partial charge is 0.310 e. The maximum Gasteiger partial charge on any atom is 0.310 e. The lowest BCUT2D eigenvalue weighted by molar-refractivity contribution is -0.765. The van der Waals surface area contributed by atoms with Gasteiger partial charge in [0.1, 0.15) is 0 Å². The van der Waals surface area contributed by atoms with E-state index in [0.717, 1.165) is 0 Å². The molecule has 0 aliphatic rings. The van der Waals surface area contributed by atoms with Crippen molar-refractivity contribution in [1.82, 2.24) is 0 Å². The topological polar surface area (TPSA) is 78.7 Å². The molecule has 0 saturated heterocycles. The number of rotatable bonds is 4. The van der Waals surface area contributed by atoms with Gasteiger partial charge in [-0.1, -0.05) is 13.8 Å². The van der Waals surface area contributed by atoms with Crippen LogP contribution >= 0.6 is 0 Å². The highest BCUT2D eigenvalue weighted by Crippen LogP contribution is 1.95. The molecule has 6 heteroatoms. The molecule has 0 aromatic rings. The molecular formula is C5H9NO5. The average molecular weight is 163 g/mol. The lowest BCUT2D eigenvalue weighted by Crippen LogP contribution is -2.15. The van der Waals surface area contributed by atoms with Gasteiger partial charge in [0.05, 0.1) is 5.92 Å². The van der Waals surface area contributed by atoms with E-state index in [-0.39, 0.29) is 5.92 Å². The molecule has 0 bridgehead atoms. The Morgan fingerprint density at radius 3 is 2.55 bits per heavy atom. The Morgan fingerprint density at radius 2 is 2.18 bits per heavy atom. The number of carbonyl (C=O) groups is 1. The van der Waals surface area contributed by atoms with Crippen molar-refractivity contribution in [1.29, 1.82) is 0 Å². The molecule has 0 atom stereocenters. The number of ether oxygens (including phenoxy) is 1. The number of nitrogens with zero attached hydrogens (tertiary/aromatic N) is 1. The molecule has 11 heavy (non-hydrogen) atoms. The van der Waals surface area contributed by atoms with Crippen LogP contribution in [0.1, 0.15) is 13.8 Å². The van der Waals surface area contributed by atoms with Crippen LogP contribution in [0.15, 0.2) is 0 Å². The van der Waals surface area contributed by atoms with E-state index >= 15 is 0 Å². The Bertz CT molecular complexity index is 155. The van der Waals surface area contributed by atoms with E-state index in [1.165, 1.54) is 0 Å². The zero-order valence-corrected chi connectivity index (χ0v) is 6.27. The van der Waals surface area contributed by atoms with Crippen LogP contribution in [0.3, 0.4) is 0 Å². The Hall–Kier alpha value is -1.33. The van der Waals surface area contributed by atoms with E-state index in [1.807, 2.05) is 0 Å². The lowest BCUT2D eigenvalue weighted by atomic mass is 10.2. The fourth-order valence-electron chi connectivity index (χ4n) is 0.294. The molecule has 0 aromatic carbocycles. The molecule has 0 spiro atoms. The summed E-state index contributed by atoms with van der Waals surface area (Å²) in [6, 6.07) is 0. The summed E-state index contributed by atoms with van der Waals surface area (Å²) in [5.41, 5.74) is 0. The molecule has 0 aliphatic carbocycles. The SMILES string of the molecule is CC(C)C(=O)OCO[N+](=O)[O-]. The first kappa shape index (κ1) is 9.67. The van der Waals surface area contributed by atoms with Crippen molar-refractivity contribution in [3.63, 3.8) is 0 Å². The van der Waals surface area contributed by atoms with Gasteiger partial charge in [0.2, 0.25) is 6.79 Å². The van der Waals surface area contributed by atoms with Gasteiger partial charge in [-0.15, -0.1) is 10.1 Å². The molecule has 0 aromatic heterocycles. The quantitative estimate of drug-likeness (QED) is 0.258. The van der Waals surface area contributed by atoms with Crippen LogP contribution in [-0.2, 0) is 14.4 Å². The van der Waals surface area contributed by atoms with Crippen LogP contribution in [0, 0.1) is 16.0 Å². The summed E-state index contributed by atoms with van der Waals surface area (Å²) in [4.78, 5) is 23.9. The third kappa shape index (κ3) is 5.13. The molecular weight excluding hydrogens is 154 g/mol. The van der Waals surface area contributed by atoms with E-state index < -0.39 is 17.8 Å². The Kier molecular flexibility index (Phi) is 3.94.